The first-order valence-corrected chi connectivity index (χ1v) is 14.0. The van der Waals surface area contributed by atoms with Gasteiger partial charge in [-0.2, -0.15) is 11.8 Å². The smallest absolute Gasteiger partial charge is 0.223 e. The van der Waals surface area contributed by atoms with Crippen molar-refractivity contribution < 1.29 is 9.59 Å². The highest BCUT2D eigenvalue weighted by atomic mass is 35.5. The molecule has 2 aromatic carbocycles. The molecule has 188 valence electrons. The highest BCUT2D eigenvalue weighted by Crippen LogP contribution is 2.22. The maximum atomic E-state index is 12.6. The second kappa shape index (κ2) is 12.7. The Balaban J connectivity index is 1.08. The van der Waals surface area contributed by atoms with E-state index in [1.807, 2.05) is 46.2 Å². The molecule has 2 amide bonds. The van der Waals surface area contributed by atoms with Gasteiger partial charge in [-0.15, -0.1) is 0 Å². The maximum absolute atomic E-state index is 12.6. The Bertz CT molecular complexity index is 929. The molecule has 0 aromatic heterocycles. The van der Waals surface area contributed by atoms with Crippen LogP contribution in [0.4, 0.5) is 11.4 Å². The van der Waals surface area contributed by atoms with Crippen molar-refractivity contribution in [3.8, 4) is 0 Å². The summed E-state index contributed by atoms with van der Waals surface area (Å²) in [6.45, 7) is 6.20. The van der Waals surface area contributed by atoms with Gasteiger partial charge in [-0.05, 0) is 36.4 Å². The van der Waals surface area contributed by atoms with Crippen LogP contribution in [-0.4, -0.2) is 85.5 Å². The lowest BCUT2D eigenvalue weighted by atomic mass is 10.2. The Morgan fingerprint density at radius 3 is 1.43 bits per heavy atom. The van der Waals surface area contributed by atoms with Gasteiger partial charge in [0.15, 0.2) is 0 Å². The Kier molecular flexibility index (Phi) is 9.46. The minimum Gasteiger partial charge on any atom is -0.368 e. The largest absolute Gasteiger partial charge is 0.368 e. The maximum Gasteiger partial charge on any atom is 0.223 e. The molecule has 0 radical (unpaired) electrons. The van der Waals surface area contributed by atoms with Gasteiger partial charge in [-0.1, -0.05) is 35.3 Å². The van der Waals surface area contributed by atoms with Gasteiger partial charge in [0.1, 0.15) is 0 Å². The number of halogens is 2. The molecule has 2 fully saturated rings. The van der Waals surface area contributed by atoms with E-state index in [1.165, 1.54) is 0 Å². The lowest BCUT2D eigenvalue weighted by Gasteiger charge is -2.36. The molecule has 4 rings (SSSR count). The first-order chi connectivity index (χ1) is 17.0. The lowest BCUT2D eigenvalue weighted by molar-refractivity contribution is -0.131. The fraction of sp³-hybridized carbons (Fsp3) is 0.462. The molecular weight excluding hydrogens is 503 g/mol. The molecule has 9 heteroatoms. The molecule has 35 heavy (non-hydrogen) atoms. The Morgan fingerprint density at radius 2 is 1.06 bits per heavy atom. The molecule has 0 saturated carbocycles. The van der Waals surface area contributed by atoms with Crippen LogP contribution in [0.5, 0.6) is 0 Å². The summed E-state index contributed by atoms with van der Waals surface area (Å²) in [4.78, 5) is 33.6. The molecule has 2 saturated heterocycles. The van der Waals surface area contributed by atoms with Crippen LogP contribution in [0.25, 0.3) is 0 Å². The van der Waals surface area contributed by atoms with E-state index in [9.17, 15) is 9.59 Å². The van der Waals surface area contributed by atoms with E-state index in [0.717, 1.165) is 85.3 Å². The standard InChI is InChI=1S/C26H32Cl2N4O2S/c27-21-3-1-5-23(19-21)29-9-13-31(14-10-29)25(33)7-17-35-18-8-26(34)32-15-11-30(12-16-32)24-6-2-4-22(28)20-24/h1-6,19-20H,7-18H2. The second-order valence-corrected chi connectivity index (χ2v) is 10.9. The lowest BCUT2D eigenvalue weighted by Crippen LogP contribution is -2.49. The van der Waals surface area contributed by atoms with Crippen molar-refractivity contribution in [1.82, 2.24) is 9.80 Å². The Morgan fingerprint density at radius 1 is 0.657 bits per heavy atom. The first-order valence-electron chi connectivity index (χ1n) is 12.1. The van der Waals surface area contributed by atoms with E-state index >= 15 is 0 Å². The molecule has 0 aliphatic carbocycles. The number of hydrogen-bond donors (Lipinski definition) is 0. The van der Waals surface area contributed by atoms with Crippen molar-refractivity contribution in [2.45, 2.75) is 12.8 Å². The average Bonchev–Trinajstić information content (AvgIpc) is 2.88. The zero-order valence-electron chi connectivity index (χ0n) is 19.9. The van der Waals surface area contributed by atoms with Crippen molar-refractivity contribution in [2.24, 2.45) is 0 Å². The van der Waals surface area contributed by atoms with Crippen LogP contribution < -0.4 is 9.80 Å². The average molecular weight is 536 g/mol. The molecule has 0 spiro atoms. The highest BCUT2D eigenvalue weighted by molar-refractivity contribution is 7.99. The summed E-state index contributed by atoms with van der Waals surface area (Å²) in [7, 11) is 0. The molecule has 0 bridgehead atoms. The van der Waals surface area contributed by atoms with E-state index in [0.29, 0.717) is 12.8 Å². The molecule has 0 unspecified atom stereocenters. The number of amides is 2. The van der Waals surface area contributed by atoms with Gasteiger partial charge < -0.3 is 19.6 Å². The van der Waals surface area contributed by atoms with Crippen LogP contribution in [0.3, 0.4) is 0 Å². The molecule has 6 nitrogen and oxygen atoms in total. The monoisotopic (exact) mass is 534 g/mol. The van der Waals surface area contributed by atoms with Gasteiger partial charge in [-0.25, -0.2) is 0 Å². The van der Waals surface area contributed by atoms with E-state index in [2.05, 4.69) is 21.9 Å². The normalized spacial score (nSPS) is 16.5. The van der Waals surface area contributed by atoms with Crippen LogP contribution in [0, 0.1) is 0 Å². The highest BCUT2D eigenvalue weighted by Gasteiger charge is 2.22. The Hall–Kier alpha value is -2.09. The van der Waals surface area contributed by atoms with Crippen LogP contribution in [-0.2, 0) is 9.59 Å². The van der Waals surface area contributed by atoms with Gasteiger partial charge in [0.25, 0.3) is 0 Å². The van der Waals surface area contributed by atoms with E-state index < -0.39 is 0 Å². The minimum absolute atomic E-state index is 0.201. The molecule has 0 N–H and O–H groups in total. The van der Waals surface area contributed by atoms with Gasteiger partial charge in [0.2, 0.25) is 11.8 Å². The summed E-state index contributed by atoms with van der Waals surface area (Å²) < 4.78 is 0. The quantitative estimate of drug-likeness (QED) is 0.466. The molecular formula is C26H32Cl2N4O2S. The van der Waals surface area contributed by atoms with Crippen LogP contribution in [0.2, 0.25) is 10.0 Å². The first kappa shape index (κ1) is 26.0. The second-order valence-electron chi connectivity index (χ2n) is 8.81. The van der Waals surface area contributed by atoms with Crippen LogP contribution >= 0.6 is 35.0 Å². The van der Waals surface area contributed by atoms with E-state index in [4.69, 9.17) is 23.2 Å². The number of anilines is 2. The number of rotatable bonds is 8. The predicted molar refractivity (Wildman–Crippen MR) is 147 cm³/mol. The third-order valence-corrected chi connectivity index (χ3v) is 7.99. The van der Waals surface area contributed by atoms with Gasteiger partial charge in [0, 0.05) is 98.1 Å². The molecule has 2 aliphatic heterocycles. The van der Waals surface area contributed by atoms with Crippen LogP contribution in [0.15, 0.2) is 48.5 Å². The summed E-state index contributed by atoms with van der Waals surface area (Å²) in [5.41, 5.74) is 2.21. The van der Waals surface area contributed by atoms with Gasteiger partial charge >= 0.3 is 0 Å². The Labute approximate surface area is 222 Å². The topological polar surface area (TPSA) is 47.1 Å². The molecule has 2 aliphatic rings. The predicted octanol–water partition coefficient (Wildman–Crippen LogP) is 4.50. The number of piperazine rings is 2. The number of carbonyl (C=O) groups excluding carboxylic acids is 2. The number of thioether (sulfide) groups is 1. The van der Waals surface area contributed by atoms with Crippen molar-refractivity contribution in [3.05, 3.63) is 58.6 Å². The van der Waals surface area contributed by atoms with Crippen molar-refractivity contribution in [1.29, 1.82) is 0 Å². The molecule has 2 aromatic rings. The van der Waals surface area contributed by atoms with E-state index in [1.54, 1.807) is 11.8 Å². The number of benzene rings is 2. The zero-order chi connectivity index (χ0) is 24.6. The number of hydrogen-bond acceptors (Lipinski definition) is 5. The molecule has 0 atom stereocenters. The SMILES string of the molecule is O=C(CCSCCC(=O)N1CCN(c2cccc(Cl)c2)CC1)N1CCN(c2cccc(Cl)c2)CC1. The minimum atomic E-state index is 0.201. The fourth-order valence-electron chi connectivity index (χ4n) is 4.51. The summed E-state index contributed by atoms with van der Waals surface area (Å²) in [6, 6.07) is 15.7. The summed E-state index contributed by atoms with van der Waals surface area (Å²) in [6.07, 6.45) is 1.04. The number of nitrogens with zero attached hydrogens (tertiary/aromatic N) is 4. The van der Waals surface area contributed by atoms with Crippen molar-refractivity contribution in [2.75, 3.05) is 73.7 Å². The summed E-state index contributed by atoms with van der Waals surface area (Å²) >= 11 is 13.9. The fourth-order valence-corrected chi connectivity index (χ4v) is 5.72. The number of carbonyl (C=O) groups is 2. The van der Waals surface area contributed by atoms with Crippen LogP contribution in [0.1, 0.15) is 12.8 Å². The van der Waals surface area contributed by atoms with Gasteiger partial charge in [-0.3, -0.25) is 9.59 Å². The third kappa shape index (κ3) is 7.45. The third-order valence-electron chi connectivity index (χ3n) is 6.53. The van der Waals surface area contributed by atoms with Crippen molar-refractivity contribution >= 4 is 58.2 Å². The molecule has 2 heterocycles. The van der Waals surface area contributed by atoms with Crippen molar-refractivity contribution in [3.63, 3.8) is 0 Å². The summed E-state index contributed by atoms with van der Waals surface area (Å²) in [5.74, 6) is 1.91. The summed E-state index contributed by atoms with van der Waals surface area (Å²) in [5, 5.41) is 1.47. The van der Waals surface area contributed by atoms with E-state index in [-0.39, 0.29) is 11.8 Å². The van der Waals surface area contributed by atoms with Gasteiger partial charge in [0.05, 0.1) is 0 Å². The zero-order valence-corrected chi connectivity index (χ0v) is 22.2.